The molecule has 56 heavy (non-hydrogen) atoms. The van der Waals surface area contributed by atoms with Gasteiger partial charge in [-0.05, 0) is 119 Å². The van der Waals surface area contributed by atoms with Crippen molar-refractivity contribution in [2.45, 2.75) is 77.0 Å². The lowest BCUT2D eigenvalue weighted by molar-refractivity contribution is 0.431. The molecule has 7 aromatic rings. The monoisotopic (exact) mass is 730 g/mol. The van der Waals surface area contributed by atoms with Crippen molar-refractivity contribution in [3.63, 3.8) is 0 Å². The van der Waals surface area contributed by atoms with Gasteiger partial charge in [-0.1, -0.05) is 162 Å². The van der Waals surface area contributed by atoms with Crippen LogP contribution in [0.3, 0.4) is 0 Å². The van der Waals surface area contributed by atoms with Gasteiger partial charge in [0.15, 0.2) is 0 Å². The summed E-state index contributed by atoms with van der Waals surface area (Å²) < 4.78 is 0. The van der Waals surface area contributed by atoms with Gasteiger partial charge in [-0.25, -0.2) is 0 Å². The first-order valence-corrected chi connectivity index (χ1v) is 20.7. The standard InChI is InChI=1S/C54H54N2/c1-5-8-20-40-54(7-3,41-32-36-46(37-33-41)55(43-22-12-9-13-23-43)44-24-14-10-15-25-44)42-34-38-47(39-35-42)56(45-26-16-11-17-27-45)51-31-21-29-49-48-28-18-19-30-50(48)53(4,6-2)52(49)51/h9-19,21-39H,5-8,20,40H2,1-4H3. The van der Waals surface area contributed by atoms with Gasteiger partial charge < -0.3 is 9.80 Å². The highest BCUT2D eigenvalue weighted by Crippen LogP contribution is 2.56. The van der Waals surface area contributed by atoms with E-state index < -0.39 is 0 Å². The number of nitrogens with zero attached hydrogens (tertiary/aromatic N) is 2. The minimum atomic E-state index is -0.107. The van der Waals surface area contributed by atoms with Crippen molar-refractivity contribution >= 4 is 34.1 Å². The zero-order valence-corrected chi connectivity index (χ0v) is 33.5. The Balaban J connectivity index is 1.21. The van der Waals surface area contributed by atoms with Crippen molar-refractivity contribution in [3.8, 4) is 11.1 Å². The molecule has 7 aromatic carbocycles. The number of para-hydroxylation sites is 3. The van der Waals surface area contributed by atoms with E-state index in [4.69, 9.17) is 0 Å². The fourth-order valence-electron chi connectivity index (χ4n) is 9.41. The topological polar surface area (TPSA) is 6.48 Å². The van der Waals surface area contributed by atoms with Crippen LogP contribution in [0.5, 0.6) is 0 Å². The zero-order valence-electron chi connectivity index (χ0n) is 33.5. The Labute approximate surface area is 335 Å². The second-order valence-electron chi connectivity index (χ2n) is 15.6. The summed E-state index contributed by atoms with van der Waals surface area (Å²) in [5, 5.41) is 0. The SMILES string of the molecule is CCCCCC(CC)(c1ccc(N(c2ccccc2)c2ccccc2)cc1)c1ccc(N(c2ccccc2)c2cccc3c2C(C)(CC)c2ccccc2-3)cc1. The first-order valence-electron chi connectivity index (χ1n) is 20.7. The lowest BCUT2D eigenvalue weighted by Crippen LogP contribution is -2.27. The van der Waals surface area contributed by atoms with Gasteiger partial charge in [-0.3, -0.25) is 0 Å². The highest BCUT2D eigenvalue weighted by atomic mass is 15.1. The predicted molar refractivity (Wildman–Crippen MR) is 240 cm³/mol. The van der Waals surface area contributed by atoms with Crippen molar-refractivity contribution in [1.29, 1.82) is 0 Å². The summed E-state index contributed by atoms with van der Waals surface area (Å²) >= 11 is 0. The van der Waals surface area contributed by atoms with E-state index in [1.807, 2.05) is 0 Å². The number of hydrogen-bond acceptors (Lipinski definition) is 2. The van der Waals surface area contributed by atoms with Gasteiger partial charge >= 0.3 is 0 Å². The van der Waals surface area contributed by atoms with Gasteiger partial charge in [0.25, 0.3) is 0 Å². The summed E-state index contributed by atoms with van der Waals surface area (Å²) in [4.78, 5) is 4.84. The number of unbranched alkanes of at least 4 members (excludes halogenated alkanes) is 2. The molecule has 0 heterocycles. The van der Waals surface area contributed by atoms with E-state index in [9.17, 15) is 0 Å². The summed E-state index contributed by atoms with van der Waals surface area (Å²) in [7, 11) is 0. The molecule has 0 bridgehead atoms. The molecule has 0 amide bonds. The normalized spacial score (nSPS) is 15.4. The van der Waals surface area contributed by atoms with Gasteiger partial charge in [0, 0.05) is 39.3 Å². The van der Waals surface area contributed by atoms with Crippen LogP contribution in [0.2, 0.25) is 0 Å². The predicted octanol–water partition coefficient (Wildman–Crippen LogP) is 15.6. The Bertz CT molecular complexity index is 2310. The molecule has 8 rings (SSSR count). The van der Waals surface area contributed by atoms with E-state index in [2.05, 4.69) is 219 Å². The van der Waals surface area contributed by atoms with Crippen molar-refractivity contribution < 1.29 is 0 Å². The average Bonchev–Trinajstić information content (AvgIpc) is 3.53. The lowest BCUT2D eigenvalue weighted by atomic mass is 9.69. The van der Waals surface area contributed by atoms with Crippen molar-refractivity contribution in [2.75, 3.05) is 9.80 Å². The van der Waals surface area contributed by atoms with Crippen LogP contribution in [0, 0.1) is 0 Å². The molecule has 280 valence electrons. The molecule has 0 radical (unpaired) electrons. The Kier molecular flexibility index (Phi) is 10.7. The fraction of sp³-hybridized carbons (Fsp3) is 0.222. The summed E-state index contributed by atoms with van der Waals surface area (Å²) in [6.07, 6.45) is 6.79. The maximum absolute atomic E-state index is 2.49. The van der Waals surface area contributed by atoms with Gasteiger partial charge in [0.2, 0.25) is 0 Å². The molecule has 1 aliphatic rings. The number of rotatable bonds is 14. The quantitative estimate of drug-likeness (QED) is 0.103. The lowest BCUT2D eigenvalue weighted by Gasteiger charge is -2.36. The van der Waals surface area contributed by atoms with Gasteiger partial charge in [0.05, 0.1) is 5.69 Å². The van der Waals surface area contributed by atoms with Crippen molar-refractivity contribution in [2.24, 2.45) is 0 Å². The molecule has 2 unspecified atom stereocenters. The first kappa shape index (κ1) is 37.1. The van der Waals surface area contributed by atoms with Crippen LogP contribution in [0.25, 0.3) is 11.1 Å². The summed E-state index contributed by atoms with van der Waals surface area (Å²) in [6.45, 7) is 9.45. The molecule has 2 nitrogen and oxygen atoms in total. The fourth-order valence-corrected chi connectivity index (χ4v) is 9.41. The summed E-state index contributed by atoms with van der Waals surface area (Å²) in [6, 6.07) is 67.2. The molecule has 0 N–H and O–H groups in total. The molecule has 2 heteroatoms. The Hall–Kier alpha value is -5.86. The molecule has 2 atom stereocenters. The molecule has 0 spiro atoms. The van der Waals surface area contributed by atoms with Crippen LogP contribution in [-0.2, 0) is 10.8 Å². The van der Waals surface area contributed by atoms with E-state index in [0.717, 1.165) is 36.3 Å². The smallest absolute Gasteiger partial charge is 0.0508 e. The van der Waals surface area contributed by atoms with Gasteiger partial charge in [0.1, 0.15) is 0 Å². The third kappa shape index (κ3) is 6.62. The van der Waals surface area contributed by atoms with Crippen LogP contribution in [-0.4, -0.2) is 0 Å². The van der Waals surface area contributed by atoms with E-state index in [-0.39, 0.29) is 10.8 Å². The number of benzene rings is 7. The van der Waals surface area contributed by atoms with E-state index >= 15 is 0 Å². The maximum Gasteiger partial charge on any atom is 0.0508 e. The van der Waals surface area contributed by atoms with Crippen LogP contribution in [0.15, 0.2) is 182 Å². The van der Waals surface area contributed by atoms with Crippen LogP contribution in [0.1, 0.15) is 88.5 Å². The molecular weight excluding hydrogens is 677 g/mol. The van der Waals surface area contributed by atoms with E-state index in [1.54, 1.807) is 0 Å². The number of hydrogen-bond donors (Lipinski definition) is 0. The first-order chi connectivity index (χ1) is 27.5. The third-order valence-electron chi connectivity index (χ3n) is 12.6. The number of anilines is 6. The van der Waals surface area contributed by atoms with Gasteiger partial charge in [-0.15, -0.1) is 0 Å². The second-order valence-corrected chi connectivity index (χ2v) is 15.6. The minimum Gasteiger partial charge on any atom is -0.311 e. The molecule has 0 aromatic heterocycles. The maximum atomic E-state index is 2.49. The molecule has 0 aliphatic heterocycles. The van der Waals surface area contributed by atoms with Crippen LogP contribution < -0.4 is 9.80 Å². The molecule has 0 fully saturated rings. The van der Waals surface area contributed by atoms with Crippen molar-refractivity contribution in [1.82, 2.24) is 0 Å². The molecular formula is C54H54N2. The molecule has 0 saturated heterocycles. The zero-order chi connectivity index (χ0) is 38.5. The second kappa shape index (κ2) is 16.1. The third-order valence-corrected chi connectivity index (χ3v) is 12.6. The van der Waals surface area contributed by atoms with Crippen LogP contribution in [0.4, 0.5) is 34.1 Å². The molecule has 1 aliphatic carbocycles. The summed E-state index contributed by atoms with van der Waals surface area (Å²) in [5.41, 5.74) is 15.2. The average molecular weight is 731 g/mol. The largest absolute Gasteiger partial charge is 0.311 e. The summed E-state index contributed by atoms with van der Waals surface area (Å²) in [5.74, 6) is 0. The van der Waals surface area contributed by atoms with Gasteiger partial charge in [-0.2, -0.15) is 0 Å². The van der Waals surface area contributed by atoms with Crippen LogP contribution >= 0.6 is 0 Å². The highest BCUT2D eigenvalue weighted by Gasteiger charge is 2.41. The Morgan fingerprint density at radius 1 is 0.446 bits per heavy atom. The van der Waals surface area contributed by atoms with E-state index in [1.165, 1.54) is 69.7 Å². The molecule has 0 saturated carbocycles. The Morgan fingerprint density at radius 2 is 0.911 bits per heavy atom. The highest BCUT2D eigenvalue weighted by molar-refractivity contribution is 5.90. The van der Waals surface area contributed by atoms with Crippen molar-refractivity contribution in [3.05, 3.63) is 204 Å². The number of fused-ring (bicyclic) bond motifs is 3. The minimum absolute atomic E-state index is 0.0884. The Morgan fingerprint density at radius 3 is 1.43 bits per heavy atom. The van der Waals surface area contributed by atoms with E-state index in [0.29, 0.717) is 0 Å².